The zero-order valence-electron chi connectivity index (χ0n) is 4.72. The average Bonchev–Trinajstić information content (AvgIpc) is 2.17. The molecular weight excluding hydrogens is 119 g/mol. The Hall–Kier alpha value is -0.470. The maximum absolute atomic E-state index is 11.1. The Kier molecular flexibility index (Phi) is 1.27. The fourth-order valence-electron chi connectivity index (χ4n) is 0.513. The van der Waals surface area contributed by atoms with Crippen LogP contribution in [0.15, 0.2) is 23.1 Å². The molecule has 0 radical (unpaired) electrons. The van der Waals surface area contributed by atoms with E-state index in [1.165, 1.54) is 0 Å². The van der Waals surface area contributed by atoms with E-state index in [-0.39, 0.29) is 0 Å². The average molecular weight is 126 g/mol. The van der Waals surface area contributed by atoms with Crippen LogP contribution in [0.5, 0.6) is 0 Å². The van der Waals surface area contributed by atoms with Gasteiger partial charge in [-0.2, -0.15) is 0 Å². The lowest BCUT2D eigenvalue weighted by atomic mass is 10.9. The molecule has 0 bridgehead atoms. The van der Waals surface area contributed by atoms with E-state index < -0.39 is 7.14 Å². The first-order valence-corrected chi connectivity index (χ1v) is 4.58. The van der Waals surface area contributed by atoms with Crippen LogP contribution in [0.1, 0.15) is 6.92 Å². The summed E-state index contributed by atoms with van der Waals surface area (Å²) in [7, 11) is -2.02. The van der Waals surface area contributed by atoms with Gasteiger partial charge in [0.1, 0.15) is 7.14 Å². The number of hydrogen-bond acceptors (Lipinski definition) is 1. The minimum Gasteiger partial charge on any atom is -0.314 e. The SMILES string of the molecule is CCP1(=O)C=C=C=C1. The van der Waals surface area contributed by atoms with E-state index in [0.717, 1.165) is 0 Å². The highest BCUT2D eigenvalue weighted by Gasteiger charge is 2.11. The van der Waals surface area contributed by atoms with Crippen LogP contribution in [-0.2, 0) is 4.57 Å². The third-order valence-corrected chi connectivity index (χ3v) is 3.26. The molecule has 0 aromatic carbocycles. The van der Waals surface area contributed by atoms with Crippen molar-refractivity contribution in [1.29, 1.82) is 0 Å². The summed E-state index contributed by atoms with van der Waals surface area (Å²) in [6.07, 6.45) is 0.701. The van der Waals surface area contributed by atoms with Crippen molar-refractivity contribution in [3.63, 3.8) is 0 Å². The second-order valence-corrected chi connectivity index (χ2v) is 4.57. The van der Waals surface area contributed by atoms with Crippen molar-refractivity contribution in [2.75, 3.05) is 6.16 Å². The highest BCUT2D eigenvalue weighted by atomic mass is 31.2. The topological polar surface area (TPSA) is 17.1 Å². The van der Waals surface area contributed by atoms with E-state index in [1.54, 1.807) is 11.6 Å². The van der Waals surface area contributed by atoms with Crippen molar-refractivity contribution in [1.82, 2.24) is 0 Å². The van der Waals surface area contributed by atoms with Crippen molar-refractivity contribution < 1.29 is 4.57 Å². The molecule has 1 aliphatic rings. The summed E-state index contributed by atoms with van der Waals surface area (Å²) in [5.74, 6) is 3.24. The van der Waals surface area contributed by atoms with Gasteiger partial charge in [-0.05, 0) is 0 Å². The molecule has 0 amide bonds. The lowest BCUT2D eigenvalue weighted by Gasteiger charge is -1.96. The van der Waals surface area contributed by atoms with Crippen LogP contribution in [0.25, 0.3) is 0 Å². The molecule has 0 aromatic heterocycles. The van der Waals surface area contributed by atoms with E-state index in [9.17, 15) is 4.57 Å². The van der Waals surface area contributed by atoms with Gasteiger partial charge < -0.3 is 4.57 Å². The highest BCUT2D eigenvalue weighted by molar-refractivity contribution is 7.70. The molecule has 1 rings (SSSR count). The minimum atomic E-state index is -2.02. The Balaban J connectivity index is 2.98. The molecule has 0 aliphatic carbocycles. The predicted molar refractivity (Wildman–Crippen MR) is 34.3 cm³/mol. The first-order valence-electron chi connectivity index (χ1n) is 2.55. The maximum Gasteiger partial charge on any atom is 0.145 e. The molecule has 1 heterocycles. The van der Waals surface area contributed by atoms with Crippen LogP contribution in [-0.4, -0.2) is 6.16 Å². The fraction of sp³-hybridized carbons (Fsp3) is 0.333. The number of rotatable bonds is 1. The van der Waals surface area contributed by atoms with Crippen LogP contribution in [0.2, 0.25) is 0 Å². The van der Waals surface area contributed by atoms with Gasteiger partial charge in [-0.3, -0.25) is 0 Å². The predicted octanol–water partition coefficient (Wildman–Crippen LogP) is 2.16. The van der Waals surface area contributed by atoms with Gasteiger partial charge in [0, 0.05) is 17.8 Å². The second-order valence-electron chi connectivity index (χ2n) is 1.72. The van der Waals surface area contributed by atoms with Crippen LogP contribution < -0.4 is 0 Å². The van der Waals surface area contributed by atoms with Gasteiger partial charge in [0.15, 0.2) is 0 Å². The summed E-state index contributed by atoms with van der Waals surface area (Å²) in [6, 6.07) is 0. The summed E-state index contributed by atoms with van der Waals surface area (Å²) in [6.45, 7) is 1.91. The van der Waals surface area contributed by atoms with Gasteiger partial charge in [-0.1, -0.05) is 18.4 Å². The molecule has 1 nitrogen and oxygen atoms in total. The van der Waals surface area contributed by atoms with Gasteiger partial charge in [0.2, 0.25) is 0 Å². The first-order chi connectivity index (χ1) is 3.77. The molecule has 0 unspecified atom stereocenters. The lowest BCUT2D eigenvalue weighted by Crippen LogP contribution is -1.70. The zero-order chi connectivity index (χ0) is 6.04. The lowest BCUT2D eigenvalue weighted by molar-refractivity contribution is 0.587. The maximum atomic E-state index is 11.1. The molecule has 42 valence electrons. The molecule has 0 N–H and O–H groups in total. The summed E-state index contributed by atoms with van der Waals surface area (Å²) in [5, 5.41) is 0. The highest BCUT2D eigenvalue weighted by Crippen LogP contribution is 2.49. The quantitative estimate of drug-likeness (QED) is 0.388. The van der Waals surface area contributed by atoms with Crippen LogP contribution >= 0.6 is 7.14 Å². The molecule has 0 aromatic rings. The third kappa shape index (κ3) is 0.854. The van der Waals surface area contributed by atoms with Gasteiger partial charge in [0.25, 0.3) is 0 Å². The Morgan fingerprint density at radius 2 is 2.00 bits per heavy atom. The second kappa shape index (κ2) is 1.80. The van der Waals surface area contributed by atoms with Crippen LogP contribution in [0.4, 0.5) is 0 Å². The van der Waals surface area contributed by atoms with E-state index in [0.29, 0.717) is 6.16 Å². The van der Waals surface area contributed by atoms with Crippen molar-refractivity contribution in [2.45, 2.75) is 6.92 Å². The first kappa shape index (κ1) is 5.66. The normalized spacial score (nSPS) is 20.1. The Morgan fingerprint density at radius 3 is 2.25 bits per heavy atom. The Labute approximate surface area is 48.8 Å². The smallest absolute Gasteiger partial charge is 0.145 e. The monoisotopic (exact) mass is 126 g/mol. The van der Waals surface area contributed by atoms with E-state index in [4.69, 9.17) is 0 Å². The molecule has 2 heteroatoms. The molecule has 8 heavy (non-hydrogen) atoms. The summed E-state index contributed by atoms with van der Waals surface area (Å²) in [4.78, 5) is 0. The minimum absolute atomic E-state index is 0.701. The van der Waals surface area contributed by atoms with Crippen LogP contribution in [0.3, 0.4) is 0 Å². The van der Waals surface area contributed by atoms with E-state index in [1.807, 2.05) is 6.92 Å². The van der Waals surface area contributed by atoms with Gasteiger partial charge >= 0.3 is 0 Å². The largest absolute Gasteiger partial charge is 0.314 e. The molecule has 0 spiro atoms. The molecule has 0 atom stereocenters. The summed E-state index contributed by atoms with van der Waals surface area (Å²) in [5.41, 5.74) is 5.34. The Bertz CT molecular complexity index is 207. The third-order valence-electron chi connectivity index (χ3n) is 1.14. The van der Waals surface area contributed by atoms with Crippen LogP contribution in [0, 0.1) is 0 Å². The molecule has 1 aliphatic heterocycles. The van der Waals surface area contributed by atoms with Crippen molar-refractivity contribution in [3.8, 4) is 0 Å². The van der Waals surface area contributed by atoms with Gasteiger partial charge in [0.05, 0.1) is 0 Å². The summed E-state index contributed by atoms with van der Waals surface area (Å²) < 4.78 is 11.1. The number of hydrogen-bond donors (Lipinski definition) is 0. The standard InChI is InChI=1S/C6H7OP/c1-2-8(7)5-3-4-6-8/h5-6H,2H2,1H3. The van der Waals surface area contributed by atoms with Gasteiger partial charge in [-0.15, -0.1) is 0 Å². The molecule has 0 fully saturated rings. The van der Waals surface area contributed by atoms with E-state index >= 15 is 0 Å². The van der Waals surface area contributed by atoms with Gasteiger partial charge in [-0.25, -0.2) is 0 Å². The molecular formula is C6H7OP. The van der Waals surface area contributed by atoms with Crippen molar-refractivity contribution in [3.05, 3.63) is 23.1 Å². The zero-order valence-corrected chi connectivity index (χ0v) is 5.61. The summed E-state index contributed by atoms with van der Waals surface area (Å²) >= 11 is 0. The van der Waals surface area contributed by atoms with Crippen molar-refractivity contribution >= 4 is 7.14 Å². The molecule has 0 saturated heterocycles. The van der Waals surface area contributed by atoms with E-state index in [2.05, 4.69) is 11.5 Å². The molecule has 0 saturated carbocycles. The fourth-order valence-corrected chi connectivity index (χ4v) is 1.54. The Morgan fingerprint density at radius 1 is 1.50 bits per heavy atom. The van der Waals surface area contributed by atoms with Crippen molar-refractivity contribution in [2.24, 2.45) is 0 Å².